The molecule has 39 heavy (non-hydrogen) atoms. The molecule has 0 aliphatic rings. The number of hydrogen-bond donors (Lipinski definition) is 3. The molecule has 0 aliphatic carbocycles. The van der Waals surface area contributed by atoms with E-state index in [0.29, 0.717) is 12.1 Å². The first-order valence-corrected chi connectivity index (χ1v) is 12.3. The van der Waals surface area contributed by atoms with Crippen molar-refractivity contribution in [2.75, 3.05) is 0 Å². The first kappa shape index (κ1) is 27.9. The predicted octanol–water partition coefficient (Wildman–Crippen LogP) is 5.18. The highest BCUT2D eigenvalue weighted by molar-refractivity contribution is 7.91. The van der Waals surface area contributed by atoms with Crippen molar-refractivity contribution in [3.63, 3.8) is 0 Å². The van der Waals surface area contributed by atoms with Crippen LogP contribution in [0.3, 0.4) is 0 Å². The van der Waals surface area contributed by atoms with Crippen LogP contribution in [-0.2, 0) is 33.4 Å². The highest BCUT2D eigenvalue weighted by Gasteiger charge is 2.43. The second-order valence-corrected chi connectivity index (χ2v) is 10.2. The number of aromatic nitrogens is 2. The molecule has 1 atom stereocenters. The van der Waals surface area contributed by atoms with Crippen molar-refractivity contribution in [1.29, 1.82) is 0 Å². The van der Waals surface area contributed by atoms with Crippen molar-refractivity contribution in [2.45, 2.75) is 34.6 Å². The van der Waals surface area contributed by atoms with Crippen molar-refractivity contribution in [3.05, 3.63) is 77.7 Å². The van der Waals surface area contributed by atoms with Crippen LogP contribution in [0.2, 0.25) is 0 Å². The summed E-state index contributed by atoms with van der Waals surface area (Å²) in [5.41, 5.74) is 1.28. The molecule has 206 valence electrons. The van der Waals surface area contributed by atoms with Gasteiger partial charge in [-0.05, 0) is 54.4 Å². The summed E-state index contributed by atoms with van der Waals surface area (Å²) < 4.78 is 115. The third-order valence-corrected chi connectivity index (χ3v) is 7.43. The number of carbonyl (C=O) groups is 1. The number of aromatic amines is 1. The molecule has 0 spiro atoms. The number of H-pyrrole nitrogens is 1. The van der Waals surface area contributed by atoms with E-state index in [-0.39, 0.29) is 20.7 Å². The molecule has 2 heterocycles. The van der Waals surface area contributed by atoms with E-state index in [1.807, 2.05) is 0 Å². The number of ether oxygens (including phenoxy) is 1. The summed E-state index contributed by atoms with van der Waals surface area (Å²) in [6.07, 6.45) is -7.89. The minimum absolute atomic E-state index is 0.0459. The van der Waals surface area contributed by atoms with Gasteiger partial charge in [0.1, 0.15) is 11.8 Å². The van der Waals surface area contributed by atoms with Gasteiger partial charge in [-0.25, -0.2) is 8.42 Å². The molecule has 0 saturated carbocycles. The summed E-state index contributed by atoms with van der Waals surface area (Å²) in [6, 6.07) is 4.65. The minimum Gasteiger partial charge on any atom is -0.480 e. The van der Waals surface area contributed by atoms with Gasteiger partial charge < -0.3 is 20.6 Å². The molecular weight excluding hydrogens is 556 g/mol. The number of nitrogens with two attached hydrogens (primary N) is 1. The predicted molar refractivity (Wildman–Crippen MR) is 124 cm³/mol. The maximum Gasteiger partial charge on any atom is 0.420 e. The molecular formula is C24H17F6N3O5S. The van der Waals surface area contributed by atoms with Gasteiger partial charge in [-0.15, -0.1) is 0 Å². The van der Waals surface area contributed by atoms with Crippen LogP contribution in [0.15, 0.2) is 70.8 Å². The van der Waals surface area contributed by atoms with Crippen LogP contribution in [0, 0.1) is 0 Å². The minimum atomic E-state index is -5.34. The Kier molecular flexibility index (Phi) is 7.08. The fourth-order valence-electron chi connectivity index (χ4n) is 3.80. The number of carboxylic acid groups (broad SMARTS) is 1. The van der Waals surface area contributed by atoms with E-state index in [0.717, 1.165) is 18.3 Å². The molecule has 0 saturated heterocycles. The lowest BCUT2D eigenvalue weighted by atomic mass is 9.98. The summed E-state index contributed by atoms with van der Waals surface area (Å²) in [5, 5.41) is 8.88. The van der Waals surface area contributed by atoms with E-state index in [2.05, 4.69) is 9.97 Å². The van der Waals surface area contributed by atoms with E-state index in [1.165, 1.54) is 30.6 Å². The number of halogens is 6. The summed E-state index contributed by atoms with van der Waals surface area (Å²) in [6.45, 7) is 0. The number of nitrogens with zero attached hydrogens (tertiary/aromatic N) is 1. The van der Waals surface area contributed by atoms with Crippen LogP contribution >= 0.6 is 0 Å². The number of aliphatic carboxylic acids is 1. The average molecular weight is 573 g/mol. The molecule has 0 amide bonds. The van der Waals surface area contributed by atoms with E-state index in [4.69, 9.17) is 15.6 Å². The van der Waals surface area contributed by atoms with E-state index < -0.39 is 68.8 Å². The number of benzene rings is 2. The molecule has 2 aromatic carbocycles. The SMILES string of the molecule is N[C@H](Cc1cc(C(F)(F)F)c(Oc2ccc3[nH]cc(S(=O)(=O)c4ccncc4)c3c2)c(C(F)(F)F)c1)C(=O)O. The van der Waals surface area contributed by atoms with Crippen LogP contribution in [0.1, 0.15) is 16.7 Å². The Morgan fingerprint density at radius 3 is 2.13 bits per heavy atom. The van der Waals surface area contributed by atoms with Crippen molar-refractivity contribution in [2.24, 2.45) is 5.73 Å². The molecule has 0 fully saturated rings. The maximum absolute atomic E-state index is 13.9. The summed E-state index contributed by atoms with van der Waals surface area (Å²) in [4.78, 5) is 17.0. The van der Waals surface area contributed by atoms with Crippen molar-refractivity contribution < 1.29 is 49.4 Å². The number of pyridine rings is 1. The molecule has 15 heteroatoms. The van der Waals surface area contributed by atoms with Gasteiger partial charge in [0.05, 0.1) is 20.9 Å². The highest BCUT2D eigenvalue weighted by atomic mass is 32.2. The zero-order valence-corrected chi connectivity index (χ0v) is 20.2. The maximum atomic E-state index is 13.9. The zero-order chi connectivity index (χ0) is 28.8. The van der Waals surface area contributed by atoms with Gasteiger partial charge in [-0.1, -0.05) is 0 Å². The fraction of sp³-hybridized carbons (Fsp3) is 0.167. The van der Waals surface area contributed by atoms with Crippen LogP contribution in [0.4, 0.5) is 26.3 Å². The Morgan fingerprint density at radius 2 is 1.59 bits per heavy atom. The lowest BCUT2D eigenvalue weighted by Crippen LogP contribution is -2.32. The Bertz CT molecular complexity index is 1620. The first-order valence-electron chi connectivity index (χ1n) is 10.8. The van der Waals surface area contributed by atoms with Gasteiger partial charge in [0.2, 0.25) is 9.84 Å². The molecule has 4 aromatic rings. The molecule has 0 unspecified atom stereocenters. The van der Waals surface area contributed by atoms with Gasteiger partial charge >= 0.3 is 18.3 Å². The second kappa shape index (κ2) is 9.89. The van der Waals surface area contributed by atoms with Gasteiger partial charge in [0.25, 0.3) is 0 Å². The largest absolute Gasteiger partial charge is 0.480 e. The normalized spacial score (nSPS) is 13.4. The van der Waals surface area contributed by atoms with Crippen molar-refractivity contribution in [3.8, 4) is 11.5 Å². The third-order valence-electron chi connectivity index (χ3n) is 5.62. The molecule has 0 radical (unpaired) electrons. The number of sulfone groups is 1. The molecule has 8 nitrogen and oxygen atoms in total. The van der Waals surface area contributed by atoms with E-state index in [9.17, 15) is 39.6 Å². The van der Waals surface area contributed by atoms with Crippen molar-refractivity contribution >= 4 is 26.7 Å². The third kappa shape index (κ3) is 5.68. The molecule has 4 N–H and O–H groups in total. The van der Waals surface area contributed by atoms with Gasteiger partial charge in [-0.2, -0.15) is 26.3 Å². The Balaban J connectivity index is 1.86. The topological polar surface area (TPSA) is 135 Å². The number of hydrogen-bond acceptors (Lipinski definition) is 6. The van der Waals surface area contributed by atoms with Crippen molar-refractivity contribution in [1.82, 2.24) is 9.97 Å². The van der Waals surface area contributed by atoms with Crippen LogP contribution < -0.4 is 10.5 Å². The Hall–Kier alpha value is -4.11. The number of nitrogens with one attached hydrogen (secondary N) is 1. The highest BCUT2D eigenvalue weighted by Crippen LogP contribution is 2.47. The monoisotopic (exact) mass is 573 g/mol. The van der Waals surface area contributed by atoms with Gasteiger partial charge in [0, 0.05) is 29.5 Å². The van der Waals surface area contributed by atoms with Crippen LogP contribution in [0.25, 0.3) is 10.9 Å². The van der Waals surface area contributed by atoms with E-state index >= 15 is 0 Å². The molecule has 0 aliphatic heterocycles. The zero-order valence-electron chi connectivity index (χ0n) is 19.3. The number of alkyl halides is 6. The first-order chi connectivity index (χ1) is 18.1. The van der Waals surface area contributed by atoms with E-state index in [1.54, 1.807) is 0 Å². The number of rotatable bonds is 7. The number of fused-ring (bicyclic) bond motifs is 1. The molecule has 2 aromatic heterocycles. The second-order valence-electron chi connectivity index (χ2n) is 8.31. The van der Waals surface area contributed by atoms with Crippen LogP contribution in [0.5, 0.6) is 11.5 Å². The quantitative estimate of drug-likeness (QED) is 0.259. The number of carboxylic acids is 1. The summed E-state index contributed by atoms with van der Waals surface area (Å²) in [7, 11) is -4.15. The molecule has 0 bridgehead atoms. The lowest BCUT2D eigenvalue weighted by Gasteiger charge is -2.21. The Morgan fingerprint density at radius 1 is 1.00 bits per heavy atom. The van der Waals surface area contributed by atoms with Gasteiger partial charge in [-0.3, -0.25) is 9.78 Å². The molecule has 4 rings (SSSR count). The standard InChI is InChI=1S/C24H17F6N3O5S/c25-23(26,27)16-7-12(9-18(31)22(34)35)8-17(24(28,29)30)21(16)38-13-1-2-19-15(10-13)20(11-33-19)39(36,37)14-3-5-32-6-4-14/h1-8,10-11,18,33H,9,31H2,(H,34,35)/t18-/m1/s1. The lowest BCUT2D eigenvalue weighted by molar-refractivity contribution is -0.145. The summed E-state index contributed by atoms with van der Waals surface area (Å²) in [5.74, 6) is -3.72. The smallest absolute Gasteiger partial charge is 0.420 e. The van der Waals surface area contributed by atoms with Gasteiger partial charge in [0.15, 0.2) is 5.75 Å². The summed E-state index contributed by atoms with van der Waals surface area (Å²) >= 11 is 0. The van der Waals surface area contributed by atoms with Crippen LogP contribution in [-0.4, -0.2) is 35.5 Å². The average Bonchev–Trinajstić information content (AvgIpc) is 3.28. The Labute approximate surface area is 216 Å². The fourth-order valence-corrected chi connectivity index (χ4v) is 5.21.